The van der Waals surface area contributed by atoms with E-state index in [9.17, 15) is 0 Å². The quantitative estimate of drug-likeness (QED) is 0.602. The van der Waals surface area contributed by atoms with E-state index in [0.717, 1.165) is 18.0 Å². The van der Waals surface area contributed by atoms with Gasteiger partial charge in [-0.15, -0.1) is 0 Å². The summed E-state index contributed by atoms with van der Waals surface area (Å²) >= 11 is 5.78. The van der Waals surface area contributed by atoms with E-state index in [1.807, 2.05) is 43.1 Å². The molecule has 0 atom stereocenters. The van der Waals surface area contributed by atoms with Gasteiger partial charge in [0.1, 0.15) is 0 Å². The number of nitrogens with zero attached hydrogens (tertiary/aromatic N) is 1. The van der Waals surface area contributed by atoms with Crippen LogP contribution >= 0.6 is 11.6 Å². The van der Waals surface area contributed by atoms with E-state index in [1.165, 1.54) is 5.56 Å². The van der Waals surface area contributed by atoms with Crippen molar-refractivity contribution in [3.8, 4) is 0 Å². The number of amidine groups is 1. The zero-order valence-corrected chi connectivity index (χ0v) is 9.30. The fourth-order valence-electron chi connectivity index (χ4n) is 1.23. The second kappa shape index (κ2) is 5.01. The molecule has 0 radical (unpaired) electrons. The Morgan fingerprint density at radius 3 is 2.43 bits per heavy atom. The van der Waals surface area contributed by atoms with Crippen molar-refractivity contribution >= 4 is 17.4 Å². The fourth-order valence-corrected chi connectivity index (χ4v) is 1.36. The topological polar surface area (TPSA) is 27.1 Å². The molecule has 0 fully saturated rings. The lowest BCUT2D eigenvalue weighted by Gasteiger charge is -2.18. The Morgan fingerprint density at radius 2 is 1.93 bits per heavy atom. The maximum atomic E-state index is 7.63. The molecule has 1 aromatic carbocycles. The van der Waals surface area contributed by atoms with E-state index in [0.29, 0.717) is 5.84 Å². The maximum absolute atomic E-state index is 7.63. The summed E-state index contributed by atoms with van der Waals surface area (Å²) in [4.78, 5) is 1.93. The van der Waals surface area contributed by atoms with Crippen molar-refractivity contribution in [3.05, 3.63) is 34.9 Å². The molecule has 76 valence electrons. The van der Waals surface area contributed by atoms with Crippen LogP contribution in [0.25, 0.3) is 0 Å². The van der Waals surface area contributed by atoms with Crippen LogP contribution in [0.2, 0.25) is 5.02 Å². The zero-order chi connectivity index (χ0) is 10.6. The molecule has 0 aliphatic carbocycles. The van der Waals surface area contributed by atoms with Crippen molar-refractivity contribution in [2.45, 2.75) is 19.9 Å². The van der Waals surface area contributed by atoms with Gasteiger partial charge in [0.15, 0.2) is 0 Å². The van der Waals surface area contributed by atoms with Gasteiger partial charge in [0.25, 0.3) is 0 Å². The fraction of sp³-hybridized carbons (Fsp3) is 0.364. The third kappa shape index (κ3) is 3.04. The van der Waals surface area contributed by atoms with Gasteiger partial charge in [-0.2, -0.15) is 0 Å². The Kier molecular flexibility index (Phi) is 3.96. The van der Waals surface area contributed by atoms with E-state index in [-0.39, 0.29) is 0 Å². The molecule has 0 heterocycles. The summed E-state index contributed by atoms with van der Waals surface area (Å²) in [6.45, 7) is 2.75. The summed E-state index contributed by atoms with van der Waals surface area (Å²) in [6, 6.07) is 7.73. The lowest BCUT2D eigenvalue weighted by Crippen LogP contribution is -2.24. The smallest absolute Gasteiger partial charge is 0.0955 e. The predicted octanol–water partition coefficient (Wildman–Crippen LogP) is 3.16. The van der Waals surface area contributed by atoms with Crippen LogP contribution in [-0.2, 0) is 6.54 Å². The SMILES string of the molecule is CCC(=N)N(C)Cc1ccc(Cl)cc1. The molecular weight excluding hydrogens is 196 g/mol. The first-order chi connectivity index (χ1) is 6.63. The third-order valence-electron chi connectivity index (χ3n) is 2.13. The van der Waals surface area contributed by atoms with Gasteiger partial charge in [-0.05, 0) is 17.7 Å². The van der Waals surface area contributed by atoms with Crippen LogP contribution in [0.15, 0.2) is 24.3 Å². The van der Waals surface area contributed by atoms with Crippen molar-refractivity contribution < 1.29 is 0 Å². The van der Waals surface area contributed by atoms with Crippen molar-refractivity contribution in [2.24, 2.45) is 0 Å². The second-order valence-electron chi connectivity index (χ2n) is 3.28. The average Bonchev–Trinajstić information content (AvgIpc) is 2.20. The number of halogens is 1. The first-order valence-corrected chi connectivity index (χ1v) is 5.04. The number of hydrogen-bond donors (Lipinski definition) is 1. The molecule has 14 heavy (non-hydrogen) atoms. The number of rotatable bonds is 3. The first-order valence-electron chi connectivity index (χ1n) is 4.66. The lowest BCUT2D eigenvalue weighted by molar-refractivity contribution is 0.487. The molecule has 0 unspecified atom stereocenters. The summed E-state index contributed by atoms with van der Waals surface area (Å²) in [5.74, 6) is 0.653. The van der Waals surface area contributed by atoms with Crippen LogP contribution in [-0.4, -0.2) is 17.8 Å². The normalized spacial score (nSPS) is 9.93. The monoisotopic (exact) mass is 210 g/mol. The highest BCUT2D eigenvalue weighted by atomic mass is 35.5. The molecule has 0 saturated carbocycles. The van der Waals surface area contributed by atoms with Crippen molar-refractivity contribution in [1.82, 2.24) is 4.90 Å². The summed E-state index contributed by atoms with van der Waals surface area (Å²) in [7, 11) is 1.93. The van der Waals surface area contributed by atoms with Crippen LogP contribution < -0.4 is 0 Å². The molecule has 3 heteroatoms. The summed E-state index contributed by atoms with van der Waals surface area (Å²) in [5.41, 5.74) is 1.18. The van der Waals surface area contributed by atoms with Gasteiger partial charge < -0.3 is 4.90 Å². The third-order valence-corrected chi connectivity index (χ3v) is 2.38. The Labute approximate surface area is 90.0 Å². The van der Waals surface area contributed by atoms with E-state index in [4.69, 9.17) is 17.0 Å². The number of benzene rings is 1. The molecule has 1 N–H and O–H groups in total. The van der Waals surface area contributed by atoms with Gasteiger partial charge in [-0.25, -0.2) is 0 Å². The lowest BCUT2D eigenvalue weighted by atomic mass is 10.2. The average molecular weight is 211 g/mol. The van der Waals surface area contributed by atoms with Gasteiger partial charge in [-0.1, -0.05) is 30.7 Å². The van der Waals surface area contributed by atoms with Gasteiger partial charge >= 0.3 is 0 Å². The highest BCUT2D eigenvalue weighted by Crippen LogP contribution is 2.11. The molecule has 0 saturated heterocycles. The minimum atomic E-state index is 0.653. The molecule has 0 amide bonds. The maximum Gasteiger partial charge on any atom is 0.0955 e. The molecule has 1 rings (SSSR count). The van der Waals surface area contributed by atoms with Crippen molar-refractivity contribution in [3.63, 3.8) is 0 Å². The molecule has 2 nitrogen and oxygen atoms in total. The van der Waals surface area contributed by atoms with Crippen molar-refractivity contribution in [1.29, 1.82) is 5.41 Å². The van der Waals surface area contributed by atoms with E-state index >= 15 is 0 Å². The minimum Gasteiger partial charge on any atom is -0.359 e. The van der Waals surface area contributed by atoms with Crippen LogP contribution in [0, 0.1) is 5.41 Å². The van der Waals surface area contributed by atoms with Crippen LogP contribution in [0.5, 0.6) is 0 Å². The Morgan fingerprint density at radius 1 is 1.36 bits per heavy atom. The largest absolute Gasteiger partial charge is 0.359 e. The first kappa shape index (κ1) is 11.1. The summed E-state index contributed by atoms with van der Waals surface area (Å²) in [5, 5.41) is 8.39. The second-order valence-corrected chi connectivity index (χ2v) is 3.72. The van der Waals surface area contributed by atoms with E-state index in [1.54, 1.807) is 0 Å². The highest BCUT2D eigenvalue weighted by molar-refractivity contribution is 6.30. The van der Waals surface area contributed by atoms with Gasteiger partial charge in [-0.3, -0.25) is 5.41 Å². The molecule has 0 spiro atoms. The standard InChI is InChI=1S/C11H15ClN2/c1-3-11(13)14(2)8-9-4-6-10(12)7-5-9/h4-7,13H,3,8H2,1-2H3. The molecule has 0 aromatic heterocycles. The minimum absolute atomic E-state index is 0.653. The molecule has 1 aromatic rings. The molecule has 0 aliphatic rings. The van der Waals surface area contributed by atoms with Gasteiger partial charge in [0.2, 0.25) is 0 Å². The molecule has 0 aliphatic heterocycles. The molecular formula is C11H15ClN2. The number of nitrogens with one attached hydrogen (secondary N) is 1. The zero-order valence-electron chi connectivity index (χ0n) is 8.55. The Hall–Kier alpha value is -1.02. The highest BCUT2D eigenvalue weighted by Gasteiger charge is 2.02. The van der Waals surface area contributed by atoms with Crippen molar-refractivity contribution in [2.75, 3.05) is 7.05 Å². The molecule has 0 bridgehead atoms. The summed E-state index contributed by atoms with van der Waals surface area (Å²) < 4.78 is 0. The predicted molar refractivity (Wildman–Crippen MR) is 60.9 cm³/mol. The van der Waals surface area contributed by atoms with E-state index in [2.05, 4.69) is 0 Å². The van der Waals surface area contributed by atoms with E-state index < -0.39 is 0 Å². The van der Waals surface area contributed by atoms with Gasteiger partial charge in [0, 0.05) is 25.0 Å². The summed E-state index contributed by atoms with van der Waals surface area (Å²) in [6.07, 6.45) is 0.768. The van der Waals surface area contributed by atoms with Crippen LogP contribution in [0.4, 0.5) is 0 Å². The van der Waals surface area contributed by atoms with Gasteiger partial charge in [0.05, 0.1) is 5.84 Å². The Balaban J connectivity index is 2.60. The van der Waals surface area contributed by atoms with Crippen LogP contribution in [0.1, 0.15) is 18.9 Å². The Bertz CT molecular complexity index is 306. The van der Waals surface area contributed by atoms with Crippen LogP contribution in [0.3, 0.4) is 0 Å². The number of hydrogen-bond acceptors (Lipinski definition) is 1.